The van der Waals surface area contributed by atoms with E-state index >= 15 is 0 Å². The number of rotatable bonds is 6. The second-order valence-electron chi connectivity index (χ2n) is 7.14. The van der Waals surface area contributed by atoms with E-state index in [1.807, 2.05) is 0 Å². The van der Waals surface area contributed by atoms with Crippen molar-refractivity contribution >= 4 is 0 Å². The minimum atomic E-state index is 0.783. The van der Waals surface area contributed by atoms with Crippen LogP contribution < -0.4 is 4.74 Å². The number of ether oxygens (including phenoxy) is 1. The fourth-order valence-electron chi connectivity index (χ4n) is 3.40. The Morgan fingerprint density at radius 3 is 2.08 bits per heavy atom. The summed E-state index contributed by atoms with van der Waals surface area (Å²) in [6.45, 7) is 8.48. The summed E-state index contributed by atoms with van der Waals surface area (Å²) < 4.78 is 5.86. The molecule has 0 amide bonds. The smallest absolute Gasteiger partial charge is 0.119 e. The van der Waals surface area contributed by atoms with Gasteiger partial charge >= 0.3 is 0 Å². The van der Waals surface area contributed by atoms with E-state index in [-0.39, 0.29) is 0 Å². The quantitative estimate of drug-likeness (QED) is 0.768. The van der Waals surface area contributed by atoms with E-state index in [4.69, 9.17) is 4.74 Å². The summed E-state index contributed by atoms with van der Waals surface area (Å²) in [4.78, 5) is 2.54. The highest BCUT2D eigenvalue weighted by atomic mass is 16.5. The molecule has 0 bridgehead atoms. The van der Waals surface area contributed by atoms with Crippen LogP contribution in [0.25, 0.3) is 0 Å². The van der Waals surface area contributed by atoms with Crippen molar-refractivity contribution in [3.8, 4) is 5.75 Å². The van der Waals surface area contributed by atoms with E-state index < -0.39 is 0 Å². The summed E-state index contributed by atoms with van der Waals surface area (Å²) in [6, 6.07) is 17.4. The molecule has 1 fully saturated rings. The predicted octanol–water partition coefficient (Wildman–Crippen LogP) is 4.64. The maximum Gasteiger partial charge on any atom is 0.119 e. The Hall–Kier alpha value is -1.80. The predicted molar refractivity (Wildman–Crippen MR) is 101 cm³/mol. The summed E-state index contributed by atoms with van der Waals surface area (Å²) in [5.41, 5.74) is 4.11. The number of nitrogens with zero attached hydrogens (tertiary/aromatic N) is 1. The lowest BCUT2D eigenvalue weighted by molar-refractivity contribution is 0.155. The van der Waals surface area contributed by atoms with Crippen LogP contribution in [0, 0.1) is 19.8 Å². The van der Waals surface area contributed by atoms with E-state index in [2.05, 4.69) is 67.3 Å². The fraction of sp³-hybridized carbons (Fsp3) is 0.455. The number of hydrogen-bond acceptors (Lipinski definition) is 2. The standard InChI is InChI=1S/C22H29NO/c1-18-3-7-20(8-4-18)17-21-11-13-23(14-12-21)15-16-24-22-9-5-19(2)6-10-22/h3-10,21H,11-17H2,1-2H3. The molecule has 1 aliphatic heterocycles. The monoisotopic (exact) mass is 323 g/mol. The maximum atomic E-state index is 5.86. The number of benzene rings is 2. The van der Waals surface area contributed by atoms with E-state index in [9.17, 15) is 0 Å². The Morgan fingerprint density at radius 1 is 0.875 bits per heavy atom. The van der Waals surface area contributed by atoms with Crippen LogP contribution in [0.2, 0.25) is 0 Å². The summed E-state index contributed by atoms with van der Waals surface area (Å²) in [5, 5.41) is 0. The largest absolute Gasteiger partial charge is 0.492 e. The van der Waals surface area contributed by atoms with Crippen molar-refractivity contribution in [2.75, 3.05) is 26.2 Å². The van der Waals surface area contributed by atoms with Crippen molar-refractivity contribution in [1.82, 2.24) is 4.90 Å². The molecular weight excluding hydrogens is 294 g/mol. The Labute approximate surface area is 146 Å². The van der Waals surface area contributed by atoms with Gasteiger partial charge < -0.3 is 4.74 Å². The van der Waals surface area contributed by atoms with Gasteiger partial charge in [0.15, 0.2) is 0 Å². The zero-order chi connectivity index (χ0) is 16.8. The molecule has 0 atom stereocenters. The van der Waals surface area contributed by atoms with E-state index in [1.165, 1.54) is 49.0 Å². The van der Waals surface area contributed by atoms with E-state index in [0.717, 1.165) is 24.8 Å². The molecule has 0 aromatic heterocycles. The van der Waals surface area contributed by atoms with Crippen LogP contribution in [0.5, 0.6) is 5.75 Å². The van der Waals surface area contributed by atoms with Gasteiger partial charge in [-0.2, -0.15) is 0 Å². The summed E-state index contributed by atoms with van der Waals surface area (Å²) in [7, 11) is 0. The fourth-order valence-corrected chi connectivity index (χ4v) is 3.40. The van der Waals surface area contributed by atoms with Gasteiger partial charge in [-0.15, -0.1) is 0 Å². The van der Waals surface area contributed by atoms with Crippen LogP contribution >= 0.6 is 0 Å². The van der Waals surface area contributed by atoms with Crippen LogP contribution in [0.3, 0.4) is 0 Å². The Morgan fingerprint density at radius 2 is 1.46 bits per heavy atom. The number of likely N-dealkylation sites (tertiary alicyclic amines) is 1. The zero-order valence-corrected chi connectivity index (χ0v) is 15.0. The summed E-state index contributed by atoms with van der Waals surface area (Å²) in [6.07, 6.45) is 3.84. The van der Waals surface area contributed by atoms with Gasteiger partial charge in [-0.05, 0) is 69.8 Å². The van der Waals surface area contributed by atoms with Gasteiger partial charge in [0.25, 0.3) is 0 Å². The van der Waals surface area contributed by atoms with Crippen LogP contribution in [-0.2, 0) is 6.42 Å². The van der Waals surface area contributed by atoms with E-state index in [0.29, 0.717) is 0 Å². The lowest BCUT2D eigenvalue weighted by atomic mass is 9.90. The molecule has 0 saturated carbocycles. The average Bonchev–Trinajstić information content (AvgIpc) is 2.60. The third-order valence-electron chi connectivity index (χ3n) is 5.05. The molecule has 3 rings (SSSR count). The molecule has 1 aliphatic rings. The molecule has 24 heavy (non-hydrogen) atoms. The van der Waals surface area contributed by atoms with Crippen molar-refractivity contribution in [2.45, 2.75) is 33.1 Å². The zero-order valence-electron chi connectivity index (χ0n) is 15.0. The lowest BCUT2D eigenvalue weighted by Crippen LogP contribution is -2.37. The SMILES string of the molecule is Cc1ccc(CC2CCN(CCOc3ccc(C)cc3)CC2)cc1. The summed E-state index contributed by atoms with van der Waals surface area (Å²) >= 11 is 0. The van der Waals surface area contributed by atoms with E-state index in [1.54, 1.807) is 0 Å². The number of piperidine rings is 1. The minimum Gasteiger partial charge on any atom is -0.492 e. The Bertz CT molecular complexity index is 609. The van der Waals surface area contributed by atoms with Crippen molar-refractivity contribution in [2.24, 2.45) is 5.92 Å². The maximum absolute atomic E-state index is 5.86. The van der Waals surface area contributed by atoms with Gasteiger partial charge in [0.2, 0.25) is 0 Å². The highest BCUT2D eigenvalue weighted by molar-refractivity contribution is 5.26. The molecular formula is C22H29NO. The first kappa shape index (κ1) is 17.0. The van der Waals surface area contributed by atoms with Gasteiger partial charge in [-0.25, -0.2) is 0 Å². The van der Waals surface area contributed by atoms with Gasteiger partial charge in [-0.1, -0.05) is 47.5 Å². The summed E-state index contributed by atoms with van der Waals surface area (Å²) in [5.74, 6) is 1.82. The Kier molecular flexibility index (Phi) is 5.92. The molecule has 0 spiro atoms. The third-order valence-corrected chi connectivity index (χ3v) is 5.05. The molecule has 128 valence electrons. The molecule has 1 saturated heterocycles. The third kappa shape index (κ3) is 5.10. The van der Waals surface area contributed by atoms with Crippen molar-refractivity contribution in [3.05, 3.63) is 65.2 Å². The highest BCUT2D eigenvalue weighted by Gasteiger charge is 2.19. The molecule has 2 heteroatoms. The number of hydrogen-bond donors (Lipinski definition) is 0. The normalized spacial score (nSPS) is 16.2. The van der Waals surface area contributed by atoms with Crippen molar-refractivity contribution in [1.29, 1.82) is 0 Å². The molecule has 0 N–H and O–H groups in total. The van der Waals surface area contributed by atoms with Crippen LogP contribution in [0.4, 0.5) is 0 Å². The van der Waals surface area contributed by atoms with Crippen molar-refractivity contribution < 1.29 is 4.74 Å². The molecule has 2 aromatic carbocycles. The first-order valence-corrected chi connectivity index (χ1v) is 9.16. The average molecular weight is 323 g/mol. The molecule has 0 radical (unpaired) electrons. The lowest BCUT2D eigenvalue weighted by Gasteiger charge is -2.31. The second-order valence-corrected chi connectivity index (χ2v) is 7.14. The first-order chi connectivity index (χ1) is 11.7. The van der Waals surface area contributed by atoms with Gasteiger partial charge in [0, 0.05) is 6.54 Å². The Balaban J connectivity index is 1.36. The molecule has 1 heterocycles. The molecule has 0 unspecified atom stereocenters. The molecule has 0 aliphatic carbocycles. The van der Waals surface area contributed by atoms with Crippen LogP contribution in [-0.4, -0.2) is 31.1 Å². The highest BCUT2D eigenvalue weighted by Crippen LogP contribution is 2.22. The molecule has 2 aromatic rings. The number of aryl methyl sites for hydroxylation is 2. The molecule has 2 nitrogen and oxygen atoms in total. The minimum absolute atomic E-state index is 0.783. The van der Waals surface area contributed by atoms with Gasteiger partial charge in [-0.3, -0.25) is 4.90 Å². The van der Waals surface area contributed by atoms with Crippen LogP contribution in [0.15, 0.2) is 48.5 Å². The van der Waals surface area contributed by atoms with Crippen LogP contribution in [0.1, 0.15) is 29.5 Å². The topological polar surface area (TPSA) is 12.5 Å². The van der Waals surface area contributed by atoms with Gasteiger partial charge in [0.1, 0.15) is 12.4 Å². The second kappa shape index (κ2) is 8.34. The first-order valence-electron chi connectivity index (χ1n) is 9.16. The van der Waals surface area contributed by atoms with Gasteiger partial charge in [0.05, 0.1) is 0 Å². The van der Waals surface area contributed by atoms with Crippen molar-refractivity contribution in [3.63, 3.8) is 0 Å².